The minimum absolute atomic E-state index is 0.479. The zero-order valence-electron chi connectivity index (χ0n) is 11.9. The summed E-state index contributed by atoms with van der Waals surface area (Å²) in [5.41, 5.74) is 8.00. The molecule has 1 atom stereocenters. The highest BCUT2D eigenvalue weighted by atomic mass is 79.9. The fraction of sp³-hybridized carbons (Fsp3) is 0.294. The molecule has 0 radical (unpaired) electrons. The standard InChI is InChI=1S/C17H20BrNO/c1-3-12(2)16-6-4-5-7-17(16)20-15-9-13(11-19)8-14(18)10-15/h4-10,12H,3,11,19H2,1-2H3. The second kappa shape index (κ2) is 6.91. The second-order valence-corrected chi connectivity index (χ2v) is 5.86. The van der Waals surface area contributed by atoms with Crippen molar-refractivity contribution in [3.05, 3.63) is 58.1 Å². The summed E-state index contributed by atoms with van der Waals surface area (Å²) in [5.74, 6) is 2.21. The van der Waals surface area contributed by atoms with E-state index in [4.69, 9.17) is 10.5 Å². The fourth-order valence-electron chi connectivity index (χ4n) is 2.12. The summed E-state index contributed by atoms with van der Waals surface area (Å²) >= 11 is 3.49. The molecule has 106 valence electrons. The highest BCUT2D eigenvalue weighted by Crippen LogP contribution is 2.33. The normalized spacial score (nSPS) is 12.2. The van der Waals surface area contributed by atoms with Gasteiger partial charge in [-0.2, -0.15) is 0 Å². The zero-order chi connectivity index (χ0) is 14.5. The van der Waals surface area contributed by atoms with E-state index in [1.54, 1.807) is 0 Å². The number of hydrogen-bond acceptors (Lipinski definition) is 2. The summed E-state index contributed by atoms with van der Waals surface area (Å²) in [6.45, 7) is 4.91. The van der Waals surface area contributed by atoms with Crippen LogP contribution in [0.25, 0.3) is 0 Å². The Kier molecular flexibility index (Phi) is 5.21. The van der Waals surface area contributed by atoms with Crippen LogP contribution in [0.15, 0.2) is 46.9 Å². The third-order valence-corrected chi connectivity index (χ3v) is 3.91. The molecule has 0 saturated carbocycles. The van der Waals surface area contributed by atoms with Gasteiger partial charge in [0.1, 0.15) is 11.5 Å². The number of halogens is 1. The lowest BCUT2D eigenvalue weighted by Gasteiger charge is -2.16. The Bertz CT molecular complexity index is 583. The summed E-state index contributed by atoms with van der Waals surface area (Å²) in [5, 5.41) is 0. The molecule has 0 aliphatic carbocycles. The smallest absolute Gasteiger partial charge is 0.130 e. The highest BCUT2D eigenvalue weighted by Gasteiger charge is 2.10. The van der Waals surface area contributed by atoms with E-state index in [1.165, 1.54) is 5.56 Å². The summed E-state index contributed by atoms with van der Waals surface area (Å²) in [6.07, 6.45) is 1.09. The van der Waals surface area contributed by atoms with E-state index in [9.17, 15) is 0 Å². The van der Waals surface area contributed by atoms with Crippen molar-refractivity contribution in [3.63, 3.8) is 0 Å². The average molecular weight is 334 g/mol. The Morgan fingerprint density at radius 2 is 1.95 bits per heavy atom. The average Bonchev–Trinajstić information content (AvgIpc) is 2.46. The van der Waals surface area contributed by atoms with Gasteiger partial charge in [-0.05, 0) is 47.7 Å². The minimum Gasteiger partial charge on any atom is -0.457 e. The van der Waals surface area contributed by atoms with Crippen molar-refractivity contribution in [1.29, 1.82) is 0 Å². The van der Waals surface area contributed by atoms with Gasteiger partial charge in [0.05, 0.1) is 0 Å². The minimum atomic E-state index is 0.479. The first-order valence-electron chi connectivity index (χ1n) is 6.90. The molecule has 0 aliphatic rings. The molecule has 2 N–H and O–H groups in total. The van der Waals surface area contributed by atoms with E-state index in [0.29, 0.717) is 12.5 Å². The Balaban J connectivity index is 2.32. The first kappa shape index (κ1) is 15.1. The largest absolute Gasteiger partial charge is 0.457 e. The van der Waals surface area contributed by atoms with Crippen LogP contribution >= 0.6 is 15.9 Å². The van der Waals surface area contributed by atoms with E-state index in [2.05, 4.69) is 41.9 Å². The summed E-state index contributed by atoms with van der Waals surface area (Å²) < 4.78 is 7.05. The van der Waals surface area contributed by atoms with Gasteiger partial charge in [-0.1, -0.05) is 48.0 Å². The highest BCUT2D eigenvalue weighted by molar-refractivity contribution is 9.10. The topological polar surface area (TPSA) is 35.2 Å². The third kappa shape index (κ3) is 3.62. The lowest BCUT2D eigenvalue weighted by molar-refractivity contribution is 0.469. The molecule has 2 aromatic rings. The van der Waals surface area contributed by atoms with Crippen LogP contribution in [0.2, 0.25) is 0 Å². The van der Waals surface area contributed by atoms with Crippen molar-refractivity contribution in [2.75, 3.05) is 0 Å². The van der Waals surface area contributed by atoms with Crippen molar-refractivity contribution in [2.45, 2.75) is 32.7 Å². The molecule has 0 amide bonds. The molecule has 1 unspecified atom stereocenters. The molecule has 0 aromatic heterocycles. The molecule has 20 heavy (non-hydrogen) atoms. The lowest BCUT2D eigenvalue weighted by Crippen LogP contribution is -1.98. The quantitative estimate of drug-likeness (QED) is 0.814. The SMILES string of the molecule is CCC(C)c1ccccc1Oc1cc(Br)cc(CN)c1. The monoisotopic (exact) mass is 333 g/mol. The number of nitrogens with two attached hydrogens (primary N) is 1. The van der Waals surface area contributed by atoms with Crippen LogP contribution in [0, 0.1) is 0 Å². The molecule has 0 fully saturated rings. The fourth-order valence-corrected chi connectivity index (χ4v) is 2.64. The number of rotatable bonds is 5. The third-order valence-electron chi connectivity index (χ3n) is 3.46. The van der Waals surface area contributed by atoms with Crippen LogP contribution in [0.5, 0.6) is 11.5 Å². The molecule has 0 bridgehead atoms. The summed E-state index contributed by atoms with van der Waals surface area (Å²) in [6, 6.07) is 14.2. The molecule has 2 nitrogen and oxygen atoms in total. The van der Waals surface area contributed by atoms with Gasteiger partial charge in [-0.3, -0.25) is 0 Å². The van der Waals surface area contributed by atoms with Gasteiger partial charge in [-0.15, -0.1) is 0 Å². The predicted molar refractivity (Wildman–Crippen MR) is 87.3 cm³/mol. The summed E-state index contributed by atoms with van der Waals surface area (Å²) in [7, 11) is 0. The molecule has 3 heteroatoms. The number of ether oxygens (including phenoxy) is 1. The number of para-hydroxylation sites is 1. The first-order chi connectivity index (χ1) is 9.63. The maximum absolute atomic E-state index is 6.07. The summed E-state index contributed by atoms with van der Waals surface area (Å²) in [4.78, 5) is 0. The maximum Gasteiger partial charge on any atom is 0.130 e. The molecule has 2 aromatic carbocycles. The molecular formula is C17H20BrNO. The van der Waals surface area contributed by atoms with Crippen molar-refractivity contribution in [3.8, 4) is 11.5 Å². The van der Waals surface area contributed by atoms with E-state index < -0.39 is 0 Å². The Labute approximate surface area is 129 Å². The molecule has 2 rings (SSSR count). The van der Waals surface area contributed by atoms with Gasteiger partial charge in [-0.25, -0.2) is 0 Å². The molecule has 0 heterocycles. The van der Waals surface area contributed by atoms with Crippen molar-refractivity contribution in [1.82, 2.24) is 0 Å². The van der Waals surface area contributed by atoms with Gasteiger partial charge < -0.3 is 10.5 Å². The van der Waals surface area contributed by atoms with E-state index >= 15 is 0 Å². The van der Waals surface area contributed by atoms with Gasteiger partial charge in [0.15, 0.2) is 0 Å². The van der Waals surface area contributed by atoms with Crippen LogP contribution in [-0.4, -0.2) is 0 Å². The molecule has 0 saturated heterocycles. The lowest BCUT2D eigenvalue weighted by atomic mass is 9.98. The zero-order valence-corrected chi connectivity index (χ0v) is 13.5. The van der Waals surface area contributed by atoms with Gasteiger partial charge >= 0.3 is 0 Å². The first-order valence-corrected chi connectivity index (χ1v) is 7.69. The van der Waals surface area contributed by atoms with Crippen molar-refractivity contribution >= 4 is 15.9 Å². The van der Waals surface area contributed by atoms with E-state index in [-0.39, 0.29) is 0 Å². The second-order valence-electron chi connectivity index (χ2n) is 4.95. The van der Waals surface area contributed by atoms with Gasteiger partial charge in [0, 0.05) is 11.0 Å². The molecular weight excluding hydrogens is 314 g/mol. The van der Waals surface area contributed by atoms with Crippen LogP contribution in [0.1, 0.15) is 37.3 Å². The Morgan fingerprint density at radius 1 is 1.20 bits per heavy atom. The number of hydrogen-bond donors (Lipinski definition) is 1. The Hall–Kier alpha value is -1.32. The van der Waals surface area contributed by atoms with Crippen LogP contribution < -0.4 is 10.5 Å². The van der Waals surface area contributed by atoms with Crippen molar-refractivity contribution < 1.29 is 4.74 Å². The Morgan fingerprint density at radius 3 is 2.65 bits per heavy atom. The van der Waals surface area contributed by atoms with Crippen LogP contribution in [0.4, 0.5) is 0 Å². The van der Waals surface area contributed by atoms with E-state index in [0.717, 1.165) is 28.0 Å². The maximum atomic E-state index is 6.07. The molecule has 0 spiro atoms. The van der Waals surface area contributed by atoms with Crippen LogP contribution in [0.3, 0.4) is 0 Å². The van der Waals surface area contributed by atoms with E-state index in [1.807, 2.05) is 30.3 Å². The van der Waals surface area contributed by atoms with Gasteiger partial charge in [0.2, 0.25) is 0 Å². The van der Waals surface area contributed by atoms with Gasteiger partial charge in [0.25, 0.3) is 0 Å². The molecule has 0 aliphatic heterocycles. The van der Waals surface area contributed by atoms with Crippen LogP contribution in [-0.2, 0) is 6.54 Å². The van der Waals surface area contributed by atoms with Crippen molar-refractivity contribution in [2.24, 2.45) is 5.73 Å². The predicted octanol–water partition coefficient (Wildman–Crippen LogP) is 5.21. The number of benzene rings is 2.